The number of halogens is 1. The molecule has 164 valence electrons. The first-order chi connectivity index (χ1) is 15.4. The molecule has 0 bridgehead atoms. The van der Waals surface area contributed by atoms with Gasteiger partial charge in [-0.3, -0.25) is 9.48 Å². The molecule has 0 spiro atoms. The first-order valence-corrected chi connectivity index (χ1v) is 9.90. The van der Waals surface area contributed by atoms with Crippen molar-refractivity contribution in [3.05, 3.63) is 58.2 Å². The highest BCUT2D eigenvalue weighted by atomic mass is 19.1. The van der Waals surface area contributed by atoms with Gasteiger partial charge in [0.25, 0.3) is 5.91 Å². The van der Waals surface area contributed by atoms with E-state index < -0.39 is 5.91 Å². The molecule has 9 nitrogen and oxygen atoms in total. The van der Waals surface area contributed by atoms with Gasteiger partial charge in [-0.05, 0) is 25.1 Å². The minimum atomic E-state index is -0.626. The Morgan fingerprint density at radius 2 is 2.28 bits per heavy atom. The molecular weight excluding hydrogens is 413 g/mol. The quantitative estimate of drug-likeness (QED) is 0.437. The second-order valence-electron chi connectivity index (χ2n) is 7.30. The van der Waals surface area contributed by atoms with Crippen molar-refractivity contribution in [2.24, 2.45) is 23.0 Å². The summed E-state index contributed by atoms with van der Waals surface area (Å²) in [5, 5.41) is 14.8. The van der Waals surface area contributed by atoms with Crippen LogP contribution in [0.5, 0.6) is 5.75 Å². The van der Waals surface area contributed by atoms with Crippen LogP contribution in [-0.2, 0) is 20.0 Å². The maximum absolute atomic E-state index is 14.5. The van der Waals surface area contributed by atoms with E-state index in [4.69, 9.17) is 10.5 Å². The number of rotatable bonds is 7. The van der Waals surface area contributed by atoms with Crippen molar-refractivity contribution in [2.45, 2.75) is 19.9 Å². The average Bonchev–Trinajstić information content (AvgIpc) is 3.39. The Balaban J connectivity index is 1.71. The van der Waals surface area contributed by atoms with Crippen molar-refractivity contribution in [1.29, 1.82) is 0 Å². The SMILES string of the molecule is C=N/N=C\c1c(-c2cc(C(N)=O)nn2C)cnc(NCc2c(F)ccc3c2CCO3)c1C. The minimum Gasteiger partial charge on any atom is -0.493 e. The summed E-state index contributed by atoms with van der Waals surface area (Å²) in [5.74, 6) is 0.365. The number of nitrogens with two attached hydrogens (primary N) is 1. The maximum atomic E-state index is 14.5. The Hall–Kier alpha value is -4.08. The molecule has 0 radical (unpaired) electrons. The van der Waals surface area contributed by atoms with Gasteiger partial charge < -0.3 is 15.8 Å². The number of benzene rings is 1. The van der Waals surface area contributed by atoms with E-state index in [9.17, 15) is 9.18 Å². The van der Waals surface area contributed by atoms with Crippen LogP contribution in [0.25, 0.3) is 11.3 Å². The van der Waals surface area contributed by atoms with Gasteiger partial charge in [0.15, 0.2) is 5.69 Å². The summed E-state index contributed by atoms with van der Waals surface area (Å²) in [6, 6.07) is 4.66. The molecule has 0 fully saturated rings. The number of amides is 1. The van der Waals surface area contributed by atoms with E-state index in [0.29, 0.717) is 41.2 Å². The fourth-order valence-corrected chi connectivity index (χ4v) is 3.79. The second kappa shape index (κ2) is 8.58. The third-order valence-corrected chi connectivity index (χ3v) is 5.42. The monoisotopic (exact) mass is 435 g/mol. The van der Waals surface area contributed by atoms with E-state index in [1.807, 2.05) is 6.92 Å². The molecule has 1 aromatic carbocycles. The van der Waals surface area contributed by atoms with Crippen LogP contribution < -0.4 is 15.8 Å². The molecule has 4 rings (SSSR count). The molecule has 0 atom stereocenters. The summed E-state index contributed by atoms with van der Waals surface area (Å²) in [6.45, 7) is 6.04. The highest BCUT2D eigenvalue weighted by Crippen LogP contribution is 2.32. The number of anilines is 1. The number of aryl methyl sites for hydroxylation is 1. The fraction of sp³-hybridized carbons (Fsp3) is 0.227. The van der Waals surface area contributed by atoms with Crippen LogP contribution in [0.15, 0.2) is 34.6 Å². The number of ether oxygens (including phenoxy) is 1. The molecule has 0 saturated carbocycles. The maximum Gasteiger partial charge on any atom is 0.269 e. The lowest BCUT2D eigenvalue weighted by Crippen LogP contribution is -2.11. The lowest BCUT2D eigenvalue weighted by molar-refractivity contribution is 0.0995. The zero-order valence-corrected chi connectivity index (χ0v) is 17.7. The Kier molecular flexibility index (Phi) is 5.67. The molecule has 1 amide bonds. The fourth-order valence-electron chi connectivity index (χ4n) is 3.79. The van der Waals surface area contributed by atoms with Gasteiger partial charge in [0.2, 0.25) is 0 Å². The predicted molar refractivity (Wildman–Crippen MR) is 120 cm³/mol. The summed E-state index contributed by atoms with van der Waals surface area (Å²) in [6.07, 6.45) is 3.85. The summed E-state index contributed by atoms with van der Waals surface area (Å²) in [4.78, 5) is 16.1. The number of aromatic nitrogens is 3. The highest BCUT2D eigenvalue weighted by molar-refractivity contribution is 5.95. The van der Waals surface area contributed by atoms with E-state index in [1.165, 1.54) is 6.07 Å². The number of hydrogen-bond donors (Lipinski definition) is 2. The zero-order chi connectivity index (χ0) is 22.8. The molecule has 0 aliphatic carbocycles. The van der Waals surface area contributed by atoms with Crippen LogP contribution in [0.2, 0.25) is 0 Å². The van der Waals surface area contributed by atoms with Gasteiger partial charge in [-0.2, -0.15) is 15.3 Å². The third kappa shape index (κ3) is 3.82. The summed E-state index contributed by atoms with van der Waals surface area (Å²) in [7, 11) is 1.71. The van der Waals surface area contributed by atoms with Crippen LogP contribution in [0.1, 0.15) is 32.7 Å². The van der Waals surface area contributed by atoms with Gasteiger partial charge in [-0.15, -0.1) is 0 Å². The highest BCUT2D eigenvalue weighted by Gasteiger charge is 2.21. The van der Waals surface area contributed by atoms with E-state index in [0.717, 1.165) is 16.9 Å². The zero-order valence-electron chi connectivity index (χ0n) is 17.7. The first-order valence-electron chi connectivity index (χ1n) is 9.90. The molecular formula is C22H22FN7O2. The van der Waals surface area contributed by atoms with Crippen molar-refractivity contribution < 1.29 is 13.9 Å². The summed E-state index contributed by atoms with van der Waals surface area (Å²) < 4.78 is 21.6. The van der Waals surface area contributed by atoms with Crippen LogP contribution in [0.4, 0.5) is 10.2 Å². The van der Waals surface area contributed by atoms with Crippen molar-refractivity contribution in [1.82, 2.24) is 14.8 Å². The summed E-state index contributed by atoms with van der Waals surface area (Å²) >= 11 is 0. The third-order valence-electron chi connectivity index (χ3n) is 5.42. The van der Waals surface area contributed by atoms with Crippen LogP contribution >= 0.6 is 0 Å². The van der Waals surface area contributed by atoms with Gasteiger partial charge >= 0.3 is 0 Å². The average molecular weight is 435 g/mol. The second-order valence-corrected chi connectivity index (χ2v) is 7.30. The van der Waals surface area contributed by atoms with Gasteiger partial charge in [0, 0.05) is 60.7 Å². The van der Waals surface area contributed by atoms with Crippen LogP contribution in [0, 0.1) is 12.7 Å². The van der Waals surface area contributed by atoms with Crippen LogP contribution in [-0.4, -0.2) is 40.2 Å². The molecule has 2 aromatic heterocycles. The molecule has 10 heteroatoms. The largest absolute Gasteiger partial charge is 0.493 e. The van der Waals surface area contributed by atoms with Gasteiger partial charge in [-0.1, -0.05) is 0 Å². The minimum absolute atomic E-state index is 0.141. The Labute approximate surface area is 183 Å². The Bertz CT molecular complexity index is 1250. The molecule has 32 heavy (non-hydrogen) atoms. The van der Waals surface area contributed by atoms with E-state index in [2.05, 4.69) is 32.3 Å². The van der Waals surface area contributed by atoms with E-state index in [-0.39, 0.29) is 18.1 Å². The Morgan fingerprint density at radius 1 is 1.47 bits per heavy atom. The van der Waals surface area contributed by atoms with Crippen molar-refractivity contribution in [2.75, 3.05) is 11.9 Å². The normalized spacial score (nSPS) is 12.6. The number of pyridine rings is 1. The van der Waals surface area contributed by atoms with Gasteiger partial charge in [0.1, 0.15) is 17.4 Å². The molecule has 3 aromatic rings. The molecule has 1 aliphatic rings. The lowest BCUT2D eigenvalue weighted by atomic mass is 10.0. The van der Waals surface area contributed by atoms with E-state index in [1.54, 1.807) is 36.3 Å². The number of primary amides is 1. The predicted octanol–water partition coefficient (Wildman–Crippen LogP) is 2.61. The molecule has 0 saturated heterocycles. The molecule has 3 heterocycles. The lowest BCUT2D eigenvalue weighted by Gasteiger charge is -2.15. The van der Waals surface area contributed by atoms with E-state index >= 15 is 0 Å². The number of hydrogen-bond acceptors (Lipinski definition) is 7. The number of fused-ring (bicyclic) bond motifs is 1. The number of nitrogens with zero attached hydrogens (tertiary/aromatic N) is 5. The number of carbonyl (C=O) groups is 1. The first kappa shape index (κ1) is 21.2. The van der Waals surface area contributed by atoms with Crippen LogP contribution in [0.3, 0.4) is 0 Å². The molecule has 1 aliphatic heterocycles. The topological polar surface area (TPSA) is 120 Å². The Morgan fingerprint density at radius 3 is 3.00 bits per heavy atom. The summed E-state index contributed by atoms with van der Waals surface area (Å²) in [5.41, 5.74) is 9.73. The molecule has 0 unspecified atom stereocenters. The van der Waals surface area contributed by atoms with Crippen molar-refractivity contribution in [3.8, 4) is 17.0 Å². The number of nitrogens with one attached hydrogen (secondary N) is 1. The van der Waals surface area contributed by atoms with Crippen molar-refractivity contribution >= 4 is 24.7 Å². The smallest absolute Gasteiger partial charge is 0.269 e. The number of carbonyl (C=O) groups excluding carboxylic acids is 1. The van der Waals surface area contributed by atoms with Gasteiger partial charge in [-0.25, -0.2) is 9.37 Å². The van der Waals surface area contributed by atoms with Crippen molar-refractivity contribution in [3.63, 3.8) is 0 Å². The standard InChI is InChI=1S/C22H22FN7O2/c1-12-14(11-28-25-2)16(19-8-18(21(24)31)29-30(19)3)10-27-22(12)26-9-15-13-6-7-32-20(13)5-4-17(15)23/h4-5,8,10-11H,2,6-7,9H2,1,3H3,(H2,24,31)(H,26,27)/b28-11-. The molecule has 3 N–H and O–H groups in total. The van der Waals surface area contributed by atoms with Gasteiger partial charge in [0.05, 0.1) is 18.5 Å².